The highest BCUT2D eigenvalue weighted by Gasteiger charge is 2.24. The van der Waals surface area contributed by atoms with Gasteiger partial charge < -0.3 is 20.2 Å². The summed E-state index contributed by atoms with van der Waals surface area (Å²) in [6.45, 7) is 1.53. The second-order valence-corrected chi connectivity index (χ2v) is 7.62. The number of nitrogens with one attached hydrogen (secondary N) is 1. The molecule has 164 valence electrons. The molecule has 0 saturated carbocycles. The second-order valence-electron chi connectivity index (χ2n) is 7.62. The van der Waals surface area contributed by atoms with Crippen LogP contribution in [0.5, 0.6) is 5.75 Å². The van der Waals surface area contributed by atoms with Gasteiger partial charge in [-0.15, -0.1) is 0 Å². The van der Waals surface area contributed by atoms with Crippen molar-refractivity contribution < 1.29 is 23.5 Å². The summed E-state index contributed by atoms with van der Waals surface area (Å²) in [6, 6.07) is 14.4. The van der Waals surface area contributed by atoms with E-state index >= 15 is 0 Å². The van der Waals surface area contributed by atoms with Crippen LogP contribution < -0.4 is 10.2 Å². The van der Waals surface area contributed by atoms with Gasteiger partial charge in [0.25, 0.3) is 11.8 Å². The Bertz CT molecular complexity index is 1180. The quantitative estimate of drug-likeness (QED) is 0.649. The number of fused-ring (bicyclic) bond motifs is 1. The van der Waals surface area contributed by atoms with Crippen molar-refractivity contribution in [3.8, 4) is 5.75 Å². The summed E-state index contributed by atoms with van der Waals surface area (Å²) in [5, 5.41) is 12.9. The van der Waals surface area contributed by atoms with Crippen molar-refractivity contribution in [2.75, 3.05) is 30.4 Å². The summed E-state index contributed by atoms with van der Waals surface area (Å²) in [6.07, 6.45) is 0. The number of para-hydroxylation sites is 1. The van der Waals surface area contributed by atoms with Crippen LogP contribution in [0.15, 0.2) is 60.7 Å². The molecule has 3 aromatic carbocycles. The number of anilines is 2. The lowest BCUT2D eigenvalue weighted by Crippen LogP contribution is -2.34. The van der Waals surface area contributed by atoms with E-state index in [4.69, 9.17) is 0 Å². The third-order valence-corrected chi connectivity index (χ3v) is 5.37. The van der Waals surface area contributed by atoms with Gasteiger partial charge in [0.05, 0.1) is 5.56 Å². The van der Waals surface area contributed by atoms with E-state index in [-0.39, 0.29) is 28.5 Å². The predicted molar refractivity (Wildman–Crippen MR) is 117 cm³/mol. The average Bonchev–Trinajstić information content (AvgIpc) is 2.92. The van der Waals surface area contributed by atoms with Gasteiger partial charge in [-0.3, -0.25) is 9.59 Å². The van der Waals surface area contributed by atoms with Crippen molar-refractivity contribution in [2.45, 2.75) is 6.54 Å². The first-order valence-corrected chi connectivity index (χ1v) is 10.0. The van der Waals surface area contributed by atoms with Crippen LogP contribution in [0.2, 0.25) is 0 Å². The Morgan fingerprint density at radius 1 is 0.969 bits per heavy atom. The van der Waals surface area contributed by atoms with Gasteiger partial charge >= 0.3 is 0 Å². The van der Waals surface area contributed by atoms with Crippen molar-refractivity contribution in [3.63, 3.8) is 0 Å². The van der Waals surface area contributed by atoms with Crippen molar-refractivity contribution in [2.24, 2.45) is 0 Å². The molecule has 0 aromatic heterocycles. The van der Waals surface area contributed by atoms with Gasteiger partial charge in [-0.1, -0.05) is 18.2 Å². The minimum atomic E-state index is -0.872. The van der Waals surface area contributed by atoms with E-state index in [9.17, 15) is 23.5 Å². The van der Waals surface area contributed by atoms with E-state index in [1.807, 2.05) is 31.3 Å². The van der Waals surface area contributed by atoms with E-state index in [0.29, 0.717) is 25.7 Å². The smallest absolute Gasteiger partial charge is 0.257 e. The summed E-state index contributed by atoms with van der Waals surface area (Å²) in [5.41, 5.74) is 2.15. The molecule has 6 nitrogen and oxygen atoms in total. The molecular formula is C24H21F2N3O3. The van der Waals surface area contributed by atoms with Crippen LogP contribution in [-0.4, -0.2) is 42.0 Å². The summed E-state index contributed by atoms with van der Waals surface area (Å²) < 4.78 is 26.7. The van der Waals surface area contributed by atoms with Crippen molar-refractivity contribution >= 4 is 23.2 Å². The molecular weight excluding hydrogens is 416 g/mol. The lowest BCUT2D eigenvalue weighted by molar-refractivity contribution is 0.0748. The molecule has 1 aliphatic rings. The van der Waals surface area contributed by atoms with Crippen LogP contribution >= 0.6 is 0 Å². The molecule has 0 unspecified atom stereocenters. The average molecular weight is 437 g/mol. The lowest BCUT2D eigenvalue weighted by atomic mass is 10.1. The summed E-state index contributed by atoms with van der Waals surface area (Å²) in [5.74, 6) is -3.12. The van der Waals surface area contributed by atoms with Gasteiger partial charge in [0, 0.05) is 55.8 Å². The van der Waals surface area contributed by atoms with Crippen molar-refractivity contribution in [3.05, 3.63) is 89.0 Å². The number of benzene rings is 3. The fourth-order valence-electron chi connectivity index (χ4n) is 3.71. The zero-order valence-corrected chi connectivity index (χ0v) is 17.3. The van der Waals surface area contributed by atoms with Gasteiger partial charge in [-0.2, -0.15) is 0 Å². The van der Waals surface area contributed by atoms with Gasteiger partial charge in [-0.05, 0) is 35.9 Å². The molecule has 1 aliphatic heterocycles. The first-order valence-electron chi connectivity index (χ1n) is 10.0. The summed E-state index contributed by atoms with van der Waals surface area (Å²) in [7, 11) is 1.96. The highest BCUT2D eigenvalue weighted by atomic mass is 19.1. The van der Waals surface area contributed by atoms with E-state index in [1.165, 1.54) is 18.2 Å². The maximum Gasteiger partial charge on any atom is 0.257 e. The van der Waals surface area contributed by atoms with E-state index < -0.39 is 17.5 Å². The fourth-order valence-corrected chi connectivity index (χ4v) is 3.71. The molecule has 32 heavy (non-hydrogen) atoms. The van der Waals surface area contributed by atoms with Gasteiger partial charge in [0.2, 0.25) is 0 Å². The number of likely N-dealkylation sites (N-methyl/N-ethyl adjacent to an activating group) is 1. The molecule has 2 N–H and O–H groups in total. The number of rotatable bonds is 3. The monoisotopic (exact) mass is 437 g/mol. The molecule has 0 spiro atoms. The third kappa shape index (κ3) is 4.39. The van der Waals surface area contributed by atoms with Crippen LogP contribution in [0, 0.1) is 11.6 Å². The molecule has 1 heterocycles. The fraction of sp³-hybridized carbons (Fsp3) is 0.167. The zero-order chi connectivity index (χ0) is 22.8. The molecule has 0 radical (unpaired) electrons. The number of halogens is 2. The highest BCUT2D eigenvalue weighted by molar-refractivity contribution is 6.05. The van der Waals surface area contributed by atoms with E-state index in [0.717, 1.165) is 23.4 Å². The SMILES string of the molecule is CN1CCN(C(=O)c2ccc(NC(=O)c3cc(F)cc(F)c3)cc2O)Cc2ccccc21. The predicted octanol–water partition coefficient (Wildman–Crippen LogP) is 4.01. The molecule has 0 aliphatic carbocycles. The standard InChI is InChI=1S/C24H21F2N3O3/c1-28-8-9-29(14-15-4-2-3-5-21(15)28)24(32)20-7-6-19(13-22(20)30)27-23(31)16-10-17(25)12-18(26)11-16/h2-7,10-13,30H,8-9,14H2,1H3,(H,27,31). The molecule has 3 aromatic rings. The zero-order valence-electron chi connectivity index (χ0n) is 17.3. The van der Waals surface area contributed by atoms with E-state index in [1.54, 1.807) is 4.90 Å². The first-order chi connectivity index (χ1) is 15.3. The van der Waals surface area contributed by atoms with Crippen molar-refractivity contribution in [1.29, 1.82) is 0 Å². The number of phenolic OH excluding ortho intramolecular Hbond substituents is 1. The number of hydrogen-bond donors (Lipinski definition) is 2. The maximum atomic E-state index is 13.4. The lowest BCUT2D eigenvalue weighted by Gasteiger charge is -2.21. The Kier molecular flexibility index (Phi) is 5.77. The second kappa shape index (κ2) is 8.66. The molecule has 0 saturated heterocycles. The normalized spacial score (nSPS) is 13.3. The molecule has 4 rings (SSSR count). The minimum absolute atomic E-state index is 0.0989. The summed E-state index contributed by atoms with van der Waals surface area (Å²) in [4.78, 5) is 29.1. The van der Waals surface area contributed by atoms with Gasteiger partial charge in [0.1, 0.15) is 17.4 Å². The Morgan fingerprint density at radius 2 is 1.69 bits per heavy atom. The number of carbonyl (C=O) groups is 2. The topological polar surface area (TPSA) is 72.9 Å². The Hall–Kier alpha value is -3.94. The molecule has 0 atom stereocenters. The summed E-state index contributed by atoms with van der Waals surface area (Å²) >= 11 is 0. The first kappa shape index (κ1) is 21.3. The third-order valence-electron chi connectivity index (χ3n) is 5.37. The molecule has 0 fully saturated rings. The van der Waals surface area contributed by atoms with Crippen LogP contribution in [-0.2, 0) is 6.54 Å². The number of carbonyl (C=O) groups excluding carboxylic acids is 2. The molecule has 2 amide bonds. The number of nitrogens with zero attached hydrogens (tertiary/aromatic N) is 2. The largest absolute Gasteiger partial charge is 0.507 e. The van der Waals surface area contributed by atoms with Crippen molar-refractivity contribution in [1.82, 2.24) is 4.90 Å². The number of amides is 2. The number of hydrogen-bond acceptors (Lipinski definition) is 4. The van der Waals surface area contributed by atoms with Crippen LogP contribution in [0.25, 0.3) is 0 Å². The Balaban J connectivity index is 1.52. The van der Waals surface area contributed by atoms with Gasteiger partial charge in [-0.25, -0.2) is 8.78 Å². The van der Waals surface area contributed by atoms with Gasteiger partial charge in [0.15, 0.2) is 0 Å². The number of phenols is 1. The Labute approximate surface area is 183 Å². The van der Waals surface area contributed by atoms with Crippen LogP contribution in [0.3, 0.4) is 0 Å². The van der Waals surface area contributed by atoms with Crippen LogP contribution in [0.1, 0.15) is 26.3 Å². The Morgan fingerprint density at radius 3 is 2.41 bits per heavy atom. The number of aromatic hydroxyl groups is 1. The molecule has 0 bridgehead atoms. The minimum Gasteiger partial charge on any atom is -0.507 e. The molecule has 8 heteroatoms. The van der Waals surface area contributed by atoms with E-state index in [2.05, 4.69) is 10.2 Å². The highest BCUT2D eigenvalue weighted by Crippen LogP contribution is 2.28. The maximum absolute atomic E-state index is 13.4. The van der Waals surface area contributed by atoms with Crippen LogP contribution in [0.4, 0.5) is 20.2 Å².